The van der Waals surface area contributed by atoms with Crippen molar-refractivity contribution in [2.24, 2.45) is 0 Å². The lowest BCUT2D eigenvalue weighted by atomic mass is 10.0. The number of hydrogen-bond donors (Lipinski definition) is 2. The Morgan fingerprint density at radius 1 is 0.844 bits per heavy atom. The highest BCUT2D eigenvalue weighted by Crippen LogP contribution is 2.28. The van der Waals surface area contributed by atoms with Crippen LogP contribution in [0.1, 0.15) is 55.3 Å². The minimum absolute atomic E-state index is 0.123. The van der Waals surface area contributed by atoms with Gasteiger partial charge in [0.05, 0.1) is 11.3 Å². The highest BCUT2D eigenvalue weighted by Gasteiger charge is 2.23. The second-order valence-corrected chi connectivity index (χ2v) is 11.7. The maximum absolute atomic E-state index is 12.7. The molecule has 0 radical (unpaired) electrons. The molecule has 9 heteroatoms. The Bertz CT molecular complexity index is 1370. The van der Waals surface area contributed by atoms with Crippen LogP contribution >= 0.6 is 0 Å². The summed E-state index contributed by atoms with van der Waals surface area (Å²) in [6.45, 7) is 4.05. The molecule has 0 aromatic heterocycles. The third-order valence-corrected chi connectivity index (χ3v) is 8.42. The topological polar surface area (TPSA) is 102 Å². The van der Waals surface area contributed by atoms with Crippen LogP contribution in [-0.4, -0.2) is 85.8 Å². The summed E-state index contributed by atoms with van der Waals surface area (Å²) < 4.78 is 5.75. The Labute approximate surface area is 266 Å². The van der Waals surface area contributed by atoms with Crippen LogP contribution < -0.4 is 10.2 Å². The number of carboxylic acid groups (broad SMARTS) is 1. The van der Waals surface area contributed by atoms with Crippen molar-refractivity contribution >= 4 is 29.3 Å². The first-order chi connectivity index (χ1) is 21.8. The predicted molar refractivity (Wildman–Crippen MR) is 179 cm³/mol. The van der Waals surface area contributed by atoms with Gasteiger partial charge in [-0.15, -0.1) is 0 Å². The zero-order chi connectivity index (χ0) is 32.0. The minimum atomic E-state index is -0.917. The van der Waals surface area contributed by atoms with Crippen LogP contribution in [0.5, 0.6) is 0 Å². The number of unbranched alkanes of at least 4 members (excludes halogenated alkanes) is 3. The molecule has 1 aliphatic heterocycles. The number of carbonyl (C=O) groups excluding carboxylic acids is 2. The van der Waals surface area contributed by atoms with E-state index in [1.54, 1.807) is 12.1 Å². The van der Waals surface area contributed by atoms with Crippen LogP contribution in [-0.2, 0) is 9.53 Å². The van der Waals surface area contributed by atoms with Crippen molar-refractivity contribution in [3.05, 3.63) is 84.4 Å². The summed E-state index contributed by atoms with van der Waals surface area (Å²) in [5.74, 6) is -0.740. The van der Waals surface area contributed by atoms with Crippen LogP contribution in [0.15, 0.2) is 78.9 Å². The lowest BCUT2D eigenvalue weighted by molar-refractivity contribution is -0.130. The van der Waals surface area contributed by atoms with Gasteiger partial charge in [0, 0.05) is 64.5 Å². The Kier molecular flexibility index (Phi) is 12.8. The molecule has 3 aromatic rings. The fourth-order valence-corrected chi connectivity index (χ4v) is 5.58. The molecule has 4 rings (SSSR count). The van der Waals surface area contributed by atoms with Gasteiger partial charge < -0.3 is 24.5 Å². The van der Waals surface area contributed by atoms with Crippen LogP contribution in [0, 0.1) is 0 Å². The Balaban J connectivity index is 1.06. The van der Waals surface area contributed by atoms with E-state index in [4.69, 9.17) is 9.84 Å². The number of rotatable bonds is 15. The number of para-hydroxylation sites is 1. The van der Waals surface area contributed by atoms with Gasteiger partial charge in [-0.1, -0.05) is 61.4 Å². The zero-order valence-electron chi connectivity index (χ0n) is 26.5. The fraction of sp³-hybridized carbons (Fsp3) is 0.417. The molecule has 2 amide bonds. The van der Waals surface area contributed by atoms with Gasteiger partial charge >= 0.3 is 12.1 Å². The van der Waals surface area contributed by atoms with Crippen LogP contribution in [0.25, 0.3) is 11.1 Å². The molecule has 3 aromatic carbocycles. The van der Waals surface area contributed by atoms with Crippen LogP contribution in [0.3, 0.4) is 0 Å². The van der Waals surface area contributed by atoms with Crippen LogP contribution in [0.4, 0.5) is 16.2 Å². The van der Waals surface area contributed by atoms with Crippen molar-refractivity contribution in [2.45, 2.75) is 51.0 Å². The first-order valence-electron chi connectivity index (χ1n) is 15.9. The number of amides is 2. The van der Waals surface area contributed by atoms with Gasteiger partial charge in [-0.3, -0.25) is 10.1 Å². The molecule has 0 spiro atoms. The molecule has 0 aliphatic carbocycles. The van der Waals surface area contributed by atoms with E-state index in [1.807, 2.05) is 85.7 Å². The summed E-state index contributed by atoms with van der Waals surface area (Å²) in [5.41, 5.74) is 4.01. The number of piperidine rings is 1. The molecule has 0 bridgehead atoms. The third kappa shape index (κ3) is 10.6. The van der Waals surface area contributed by atoms with E-state index in [9.17, 15) is 14.4 Å². The molecule has 45 heavy (non-hydrogen) atoms. The van der Waals surface area contributed by atoms with Crippen molar-refractivity contribution in [1.82, 2.24) is 9.80 Å². The molecular formula is C36H46N4O5. The molecule has 0 atom stereocenters. The number of carbonyl (C=O) groups is 3. The average molecular weight is 615 g/mol. The van der Waals surface area contributed by atoms with Crippen molar-refractivity contribution < 1.29 is 24.2 Å². The van der Waals surface area contributed by atoms with Gasteiger partial charge in [0.15, 0.2) is 0 Å². The molecule has 2 N–H and O–H groups in total. The smallest absolute Gasteiger partial charge is 0.411 e. The average Bonchev–Trinajstić information content (AvgIpc) is 3.06. The van der Waals surface area contributed by atoms with E-state index in [1.165, 1.54) is 0 Å². The molecule has 9 nitrogen and oxygen atoms in total. The van der Waals surface area contributed by atoms with Gasteiger partial charge in [-0.2, -0.15) is 0 Å². The van der Waals surface area contributed by atoms with Gasteiger partial charge in [0.2, 0.25) is 5.91 Å². The molecule has 1 aliphatic rings. The Hall–Kier alpha value is -4.37. The molecule has 0 saturated carbocycles. The maximum atomic E-state index is 12.7. The maximum Gasteiger partial charge on any atom is 0.411 e. The van der Waals surface area contributed by atoms with Crippen molar-refractivity contribution in [3.63, 3.8) is 0 Å². The lowest BCUT2D eigenvalue weighted by Gasteiger charge is -2.32. The van der Waals surface area contributed by atoms with E-state index >= 15 is 0 Å². The van der Waals surface area contributed by atoms with Gasteiger partial charge in [-0.25, -0.2) is 9.59 Å². The predicted octanol–water partition coefficient (Wildman–Crippen LogP) is 6.61. The molecule has 0 unspecified atom stereocenters. The highest BCUT2D eigenvalue weighted by atomic mass is 16.6. The summed E-state index contributed by atoms with van der Waals surface area (Å²) in [4.78, 5) is 42.6. The number of aromatic carboxylic acids is 1. The number of ether oxygens (including phenoxy) is 1. The number of anilines is 2. The van der Waals surface area contributed by atoms with Crippen LogP contribution in [0.2, 0.25) is 0 Å². The molecule has 1 fully saturated rings. The molecule has 1 saturated heterocycles. The van der Waals surface area contributed by atoms with Gasteiger partial charge in [-0.05, 0) is 61.6 Å². The second-order valence-electron chi connectivity index (χ2n) is 11.7. The van der Waals surface area contributed by atoms with Gasteiger partial charge in [0.1, 0.15) is 6.10 Å². The minimum Gasteiger partial charge on any atom is -0.478 e. The number of likely N-dealkylation sites (tertiary alicyclic amines) is 1. The quantitative estimate of drug-likeness (QED) is 0.186. The number of nitrogens with zero attached hydrogens (tertiary/aromatic N) is 3. The number of likely N-dealkylation sites (N-methyl/N-ethyl adjacent to an activating group) is 1. The normalized spacial score (nSPS) is 13.6. The first-order valence-corrected chi connectivity index (χ1v) is 15.9. The lowest BCUT2D eigenvalue weighted by Crippen LogP contribution is -2.42. The SMILES string of the molecule is CN(CCN1CCC(OC(=O)Nc2ccccc2-c2ccccc2)CC1)C(=O)CCCCCCN(C)c1ccc(C(=O)O)cc1. The standard InChI is InChI=1S/C36H46N4O5/c1-38(30-19-17-29(18-20-30)35(42)43)23-11-4-3-8-16-34(41)39(2)26-27-40-24-21-31(22-25-40)45-36(44)37-33-15-10-9-14-32(33)28-12-6-5-7-13-28/h5-7,9-10,12-15,17-20,31H,3-4,8,11,16,21-27H2,1-2H3,(H,37,44)(H,42,43). The van der Waals surface area contributed by atoms with Crippen molar-refractivity contribution in [3.8, 4) is 11.1 Å². The molecule has 240 valence electrons. The summed E-state index contributed by atoms with van der Waals surface area (Å²) in [5, 5.41) is 12.0. The number of benzene rings is 3. The largest absolute Gasteiger partial charge is 0.478 e. The van der Waals surface area contributed by atoms with E-state index in [0.717, 1.165) is 87.2 Å². The summed E-state index contributed by atoms with van der Waals surface area (Å²) in [6.07, 6.45) is 5.49. The summed E-state index contributed by atoms with van der Waals surface area (Å²) >= 11 is 0. The third-order valence-electron chi connectivity index (χ3n) is 8.42. The molecule has 1 heterocycles. The van der Waals surface area contributed by atoms with Crippen molar-refractivity contribution in [1.29, 1.82) is 0 Å². The number of carboxylic acids is 1. The zero-order valence-corrected chi connectivity index (χ0v) is 26.5. The van der Waals surface area contributed by atoms with Gasteiger partial charge in [0.25, 0.3) is 0 Å². The highest BCUT2D eigenvalue weighted by molar-refractivity contribution is 5.91. The fourth-order valence-electron chi connectivity index (χ4n) is 5.58. The Morgan fingerprint density at radius 3 is 2.22 bits per heavy atom. The van der Waals surface area contributed by atoms with E-state index in [0.29, 0.717) is 18.5 Å². The first kappa shape index (κ1) is 33.5. The summed E-state index contributed by atoms with van der Waals surface area (Å²) in [7, 11) is 3.88. The van der Waals surface area contributed by atoms with Crippen molar-refractivity contribution in [2.75, 3.05) is 57.0 Å². The van der Waals surface area contributed by atoms with E-state index < -0.39 is 12.1 Å². The number of nitrogens with one attached hydrogen (secondary N) is 1. The van der Waals surface area contributed by atoms with E-state index in [2.05, 4.69) is 15.1 Å². The monoisotopic (exact) mass is 614 g/mol. The molecular weight excluding hydrogens is 568 g/mol. The Morgan fingerprint density at radius 2 is 1.51 bits per heavy atom. The summed E-state index contributed by atoms with van der Waals surface area (Å²) in [6, 6.07) is 24.6. The van der Waals surface area contributed by atoms with E-state index in [-0.39, 0.29) is 12.0 Å². The second kappa shape index (κ2) is 17.2. The number of hydrogen-bond acceptors (Lipinski definition) is 6.